The number of nitrogens with one attached hydrogen (secondary N) is 1. The molecule has 1 atom stereocenters. The number of aromatic nitrogens is 1. The number of hydrogen-bond donors (Lipinski definition) is 1. The second kappa shape index (κ2) is 5.66. The first-order valence-electron chi connectivity index (χ1n) is 5.76. The standard InChI is InChI=1S/C13H18N2O/c1-16-13-11(6-5-9-14-13)10-15-12-7-3-2-4-8-12/h2-3,5-6,9,12,15H,4,7-8,10H2,1H3. The van der Waals surface area contributed by atoms with E-state index in [4.69, 9.17) is 4.74 Å². The van der Waals surface area contributed by atoms with Crippen LogP contribution in [0.1, 0.15) is 24.8 Å². The lowest BCUT2D eigenvalue weighted by Gasteiger charge is -2.19. The number of pyridine rings is 1. The summed E-state index contributed by atoms with van der Waals surface area (Å²) in [6.45, 7) is 0.829. The highest BCUT2D eigenvalue weighted by Crippen LogP contribution is 2.15. The van der Waals surface area contributed by atoms with Gasteiger partial charge in [-0.25, -0.2) is 4.98 Å². The van der Waals surface area contributed by atoms with Gasteiger partial charge in [-0.1, -0.05) is 18.2 Å². The molecule has 1 aliphatic carbocycles. The van der Waals surface area contributed by atoms with Crippen LogP contribution in [-0.2, 0) is 6.54 Å². The molecule has 1 aromatic heterocycles. The molecule has 0 fully saturated rings. The zero-order chi connectivity index (χ0) is 11.2. The van der Waals surface area contributed by atoms with E-state index in [2.05, 4.69) is 28.5 Å². The van der Waals surface area contributed by atoms with Crippen LogP contribution in [0.15, 0.2) is 30.5 Å². The van der Waals surface area contributed by atoms with E-state index in [9.17, 15) is 0 Å². The van der Waals surface area contributed by atoms with Crippen molar-refractivity contribution >= 4 is 0 Å². The van der Waals surface area contributed by atoms with Crippen LogP contribution >= 0.6 is 0 Å². The maximum absolute atomic E-state index is 5.22. The maximum Gasteiger partial charge on any atom is 0.217 e. The molecule has 0 spiro atoms. The van der Waals surface area contributed by atoms with Gasteiger partial charge in [0.05, 0.1) is 7.11 Å². The fourth-order valence-corrected chi connectivity index (χ4v) is 1.98. The molecule has 1 unspecified atom stereocenters. The lowest BCUT2D eigenvalue weighted by Crippen LogP contribution is -2.29. The summed E-state index contributed by atoms with van der Waals surface area (Å²) in [7, 11) is 1.66. The normalized spacial score (nSPS) is 19.7. The van der Waals surface area contributed by atoms with Crippen LogP contribution in [-0.4, -0.2) is 18.1 Å². The van der Waals surface area contributed by atoms with Crippen molar-refractivity contribution in [1.29, 1.82) is 0 Å². The predicted octanol–water partition coefficient (Wildman–Crippen LogP) is 2.29. The molecule has 0 radical (unpaired) electrons. The summed E-state index contributed by atoms with van der Waals surface area (Å²) >= 11 is 0. The van der Waals surface area contributed by atoms with Crippen molar-refractivity contribution in [1.82, 2.24) is 10.3 Å². The van der Waals surface area contributed by atoms with E-state index in [0.717, 1.165) is 24.4 Å². The van der Waals surface area contributed by atoms with E-state index < -0.39 is 0 Å². The molecule has 3 heteroatoms. The molecule has 3 nitrogen and oxygen atoms in total. The van der Waals surface area contributed by atoms with Gasteiger partial charge in [-0.3, -0.25) is 0 Å². The van der Waals surface area contributed by atoms with Crippen molar-refractivity contribution < 1.29 is 4.74 Å². The lowest BCUT2D eigenvalue weighted by molar-refractivity contribution is 0.386. The average Bonchev–Trinajstić information content (AvgIpc) is 2.38. The molecule has 1 heterocycles. The number of rotatable bonds is 4. The number of ether oxygens (including phenoxy) is 1. The van der Waals surface area contributed by atoms with E-state index in [1.54, 1.807) is 13.3 Å². The van der Waals surface area contributed by atoms with Gasteiger partial charge in [0, 0.05) is 24.3 Å². The number of nitrogens with zero attached hydrogens (tertiary/aromatic N) is 1. The zero-order valence-corrected chi connectivity index (χ0v) is 9.65. The Kier molecular flexibility index (Phi) is 3.94. The first-order valence-corrected chi connectivity index (χ1v) is 5.76. The minimum atomic E-state index is 0.593. The van der Waals surface area contributed by atoms with Gasteiger partial charge in [0.2, 0.25) is 5.88 Å². The lowest BCUT2D eigenvalue weighted by atomic mass is 10.0. The Labute approximate surface area is 96.5 Å². The Balaban J connectivity index is 1.91. The predicted molar refractivity (Wildman–Crippen MR) is 64.4 cm³/mol. The fourth-order valence-electron chi connectivity index (χ4n) is 1.98. The Bertz CT molecular complexity index is 363. The quantitative estimate of drug-likeness (QED) is 0.787. The maximum atomic E-state index is 5.22. The third-order valence-corrected chi connectivity index (χ3v) is 2.89. The average molecular weight is 218 g/mol. The molecule has 0 saturated heterocycles. The minimum absolute atomic E-state index is 0.593. The van der Waals surface area contributed by atoms with Crippen LogP contribution in [0.2, 0.25) is 0 Å². The highest BCUT2D eigenvalue weighted by molar-refractivity contribution is 5.25. The van der Waals surface area contributed by atoms with Gasteiger partial charge in [-0.05, 0) is 25.3 Å². The van der Waals surface area contributed by atoms with Crippen LogP contribution in [0.3, 0.4) is 0 Å². The summed E-state index contributed by atoms with van der Waals surface area (Å²) in [5.74, 6) is 0.723. The summed E-state index contributed by atoms with van der Waals surface area (Å²) in [4.78, 5) is 4.18. The van der Waals surface area contributed by atoms with E-state index in [1.165, 1.54) is 12.8 Å². The summed E-state index contributed by atoms with van der Waals surface area (Å²) in [5.41, 5.74) is 1.12. The van der Waals surface area contributed by atoms with Crippen molar-refractivity contribution in [3.8, 4) is 5.88 Å². The van der Waals surface area contributed by atoms with E-state index >= 15 is 0 Å². The van der Waals surface area contributed by atoms with Crippen LogP contribution in [0.5, 0.6) is 5.88 Å². The van der Waals surface area contributed by atoms with Crippen molar-refractivity contribution in [2.45, 2.75) is 31.8 Å². The molecule has 0 aliphatic heterocycles. The summed E-state index contributed by atoms with van der Waals surface area (Å²) < 4.78 is 5.22. The molecule has 0 amide bonds. The summed E-state index contributed by atoms with van der Waals surface area (Å²) in [5, 5.41) is 3.54. The number of methoxy groups -OCH3 is 1. The van der Waals surface area contributed by atoms with Crippen molar-refractivity contribution in [2.24, 2.45) is 0 Å². The molecule has 0 saturated carbocycles. The molecule has 1 N–H and O–H groups in total. The number of allylic oxidation sites excluding steroid dienone is 1. The Morgan fingerprint density at radius 2 is 2.44 bits per heavy atom. The Hall–Kier alpha value is -1.35. The third kappa shape index (κ3) is 2.83. The molecule has 0 bridgehead atoms. The van der Waals surface area contributed by atoms with Crippen LogP contribution in [0.25, 0.3) is 0 Å². The van der Waals surface area contributed by atoms with Crippen LogP contribution < -0.4 is 10.1 Å². The molecule has 1 aromatic rings. The van der Waals surface area contributed by atoms with Gasteiger partial charge in [0.15, 0.2) is 0 Å². The monoisotopic (exact) mass is 218 g/mol. The highest BCUT2D eigenvalue weighted by Gasteiger charge is 2.10. The van der Waals surface area contributed by atoms with Gasteiger partial charge in [-0.2, -0.15) is 0 Å². The SMILES string of the molecule is COc1ncccc1CNC1CC=CCC1. The zero-order valence-electron chi connectivity index (χ0n) is 9.65. The molecule has 16 heavy (non-hydrogen) atoms. The van der Waals surface area contributed by atoms with Crippen LogP contribution in [0.4, 0.5) is 0 Å². The second-order valence-corrected chi connectivity index (χ2v) is 4.03. The number of hydrogen-bond acceptors (Lipinski definition) is 3. The van der Waals surface area contributed by atoms with Crippen molar-refractivity contribution in [2.75, 3.05) is 7.11 Å². The third-order valence-electron chi connectivity index (χ3n) is 2.89. The fraction of sp³-hybridized carbons (Fsp3) is 0.462. The molecule has 2 rings (SSSR count). The minimum Gasteiger partial charge on any atom is -0.481 e. The Morgan fingerprint density at radius 1 is 1.50 bits per heavy atom. The van der Waals surface area contributed by atoms with Crippen LogP contribution in [0, 0.1) is 0 Å². The summed E-state index contributed by atoms with van der Waals surface area (Å²) in [6.07, 6.45) is 9.79. The van der Waals surface area contributed by atoms with Gasteiger partial charge in [0.1, 0.15) is 0 Å². The molecular formula is C13H18N2O. The largest absolute Gasteiger partial charge is 0.481 e. The van der Waals surface area contributed by atoms with Gasteiger partial charge >= 0.3 is 0 Å². The topological polar surface area (TPSA) is 34.1 Å². The second-order valence-electron chi connectivity index (χ2n) is 4.03. The highest BCUT2D eigenvalue weighted by atomic mass is 16.5. The van der Waals surface area contributed by atoms with E-state index in [1.807, 2.05) is 6.07 Å². The van der Waals surface area contributed by atoms with Gasteiger partial charge in [0.25, 0.3) is 0 Å². The van der Waals surface area contributed by atoms with Crippen molar-refractivity contribution in [3.05, 3.63) is 36.0 Å². The van der Waals surface area contributed by atoms with Gasteiger partial charge < -0.3 is 10.1 Å². The summed E-state index contributed by atoms with van der Waals surface area (Å²) in [6, 6.07) is 4.59. The first kappa shape index (κ1) is 11.1. The molecular weight excluding hydrogens is 200 g/mol. The molecule has 0 aromatic carbocycles. The smallest absolute Gasteiger partial charge is 0.217 e. The van der Waals surface area contributed by atoms with Crippen molar-refractivity contribution in [3.63, 3.8) is 0 Å². The Morgan fingerprint density at radius 3 is 3.19 bits per heavy atom. The molecule has 86 valence electrons. The first-order chi connectivity index (χ1) is 7.90. The van der Waals surface area contributed by atoms with E-state index in [-0.39, 0.29) is 0 Å². The van der Waals surface area contributed by atoms with Gasteiger partial charge in [-0.15, -0.1) is 0 Å². The van der Waals surface area contributed by atoms with E-state index in [0.29, 0.717) is 6.04 Å². The molecule has 1 aliphatic rings.